The molecule has 0 radical (unpaired) electrons. The number of carbonyl (C=O) groups is 1. The summed E-state index contributed by atoms with van der Waals surface area (Å²) in [5.74, 6) is -0.378. The average molecular weight is 398 g/mol. The van der Waals surface area contributed by atoms with E-state index in [0.29, 0.717) is 5.52 Å². The first-order chi connectivity index (χ1) is 13.2. The summed E-state index contributed by atoms with van der Waals surface area (Å²) in [5, 5.41) is 14.2. The van der Waals surface area contributed by atoms with Crippen molar-refractivity contribution in [3.05, 3.63) is 53.6 Å². The first-order valence-corrected chi connectivity index (χ1v) is 9.80. The Hall–Kier alpha value is -2.91. The fourth-order valence-corrected chi connectivity index (χ4v) is 4.27. The number of aromatic amines is 1. The normalized spacial score (nSPS) is 12.3. The number of thioether (sulfide) groups is 1. The van der Waals surface area contributed by atoms with Crippen LogP contribution >= 0.6 is 23.1 Å². The van der Waals surface area contributed by atoms with Crippen molar-refractivity contribution in [1.82, 2.24) is 19.9 Å². The molecule has 0 saturated carbocycles. The average Bonchev–Trinajstić information content (AvgIpc) is 3.33. The molecule has 7 nitrogen and oxygen atoms in total. The Morgan fingerprint density at radius 2 is 2.15 bits per heavy atom. The second kappa shape index (κ2) is 7.37. The molecule has 0 aliphatic carbocycles. The Morgan fingerprint density at radius 1 is 1.30 bits per heavy atom. The lowest BCUT2D eigenvalue weighted by atomic mass is 10.2. The van der Waals surface area contributed by atoms with Crippen LogP contribution in [0.3, 0.4) is 0 Å². The maximum Gasteiger partial charge on any atom is 0.345 e. The molecular formula is C18H14N4O3S2. The number of aliphatic hydroxyl groups is 1. The Bertz CT molecular complexity index is 1130. The summed E-state index contributed by atoms with van der Waals surface area (Å²) < 4.78 is 4.84. The van der Waals surface area contributed by atoms with Crippen molar-refractivity contribution in [3.63, 3.8) is 0 Å². The van der Waals surface area contributed by atoms with Crippen molar-refractivity contribution in [2.24, 2.45) is 0 Å². The zero-order valence-electron chi connectivity index (χ0n) is 14.2. The molecule has 4 rings (SSSR count). The van der Waals surface area contributed by atoms with Crippen LogP contribution in [-0.2, 0) is 9.53 Å². The predicted molar refractivity (Wildman–Crippen MR) is 106 cm³/mol. The largest absolute Gasteiger partial charge is 0.510 e. The van der Waals surface area contributed by atoms with Gasteiger partial charge < -0.3 is 14.8 Å². The van der Waals surface area contributed by atoms with E-state index in [0.717, 1.165) is 20.8 Å². The number of para-hydroxylation sites is 2. The van der Waals surface area contributed by atoms with Crippen LogP contribution in [0, 0.1) is 0 Å². The highest BCUT2D eigenvalue weighted by Crippen LogP contribution is 2.30. The van der Waals surface area contributed by atoms with E-state index >= 15 is 0 Å². The number of H-pyrrole nitrogens is 1. The third kappa shape index (κ3) is 3.38. The van der Waals surface area contributed by atoms with Gasteiger partial charge in [0.05, 0.1) is 23.9 Å². The number of hydrogen-bond donors (Lipinski definition) is 2. The molecule has 1 aromatic carbocycles. The van der Waals surface area contributed by atoms with Gasteiger partial charge in [-0.3, -0.25) is 0 Å². The maximum absolute atomic E-state index is 12.3. The molecule has 27 heavy (non-hydrogen) atoms. The van der Waals surface area contributed by atoms with Gasteiger partial charge in [-0.25, -0.2) is 19.7 Å². The van der Waals surface area contributed by atoms with Crippen LogP contribution < -0.4 is 0 Å². The molecule has 0 atom stereocenters. The number of imidazole rings is 1. The van der Waals surface area contributed by atoms with Gasteiger partial charge in [0.25, 0.3) is 0 Å². The van der Waals surface area contributed by atoms with Crippen LogP contribution in [0.1, 0.15) is 5.82 Å². The SMILES string of the molecule is COC(=O)/C(=C(/O)CSc1ncnc2sccc12)c1nc2ccccc2[nH]1. The van der Waals surface area contributed by atoms with Gasteiger partial charge in [0, 0.05) is 5.39 Å². The smallest absolute Gasteiger partial charge is 0.345 e. The Morgan fingerprint density at radius 3 is 2.96 bits per heavy atom. The molecule has 0 bridgehead atoms. The van der Waals surface area contributed by atoms with E-state index in [-0.39, 0.29) is 22.9 Å². The molecule has 0 saturated heterocycles. The molecule has 0 unspecified atom stereocenters. The second-order valence-corrected chi connectivity index (χ2v) is 7.38. The Balaban J connectivity index is 1.68. The zero-order valence-corrected chi connectivity index (χ0v) is 15.8. The summed E-state index contributed by atoms with van der Waals surface area (Å²) in [6.07, 6.45) is 1.49. The summed E-state index contributed by atoms with van der Waals surface area (Å²) in [7, 11) is 1.27. The molecule has 4 aromatic rings. The van der Waals surface area contributed by atoms with Crippen molar-refractivity contribution in [2.45, 2.75) is 5.03 Å². The molecule has 0 aliphatic heterocycles. The topological polar surface area (TPSA) is 101 Å². The number of carbonyl (C=O) groups excluding carboxylic acids is 1. The Labute approximate surface area is 162 Å². The van der Waals surface area contributed by atoms with E-state index in [1.807, 2.05) is 35.7 Å². The zero-order chi connectivity index (χ0) is 18.8. The number of hydrogen-bond acceptors (Lipinski definition) is 8. The number of ether oxygens (including phenoxy) is 1. The van der Waals surface area contributed by atoms with E-state index in [9.17, 15) is 9.90 Å². The van der Waals surface area contributed by atoms with E-state index in [1.165, 1.54) is 36.5 Å². The van der Waals surface area contributed by atoms with E-state index in [1.54, 1.807) is 0 Å². The Kier molecular flexibility index (Phi) is 4.78. The van der Waals surface area contributed by atoms with E-state index < -0.39 is 5.97 Å². The summed E-state index contributed by atoms with van der Waals surface area (Å²) in [5.41, 5.74) is 1.48. The molecule has 2 N–H and O–H groups in total. The minimum Gasteiger partial charge on any atom is -0.510 e. The van der Waals surface area contributed by atoms with Gasteiger partial charge in [0.1, 0.15) is 33.3 Å². The standard InChI is InChI=1S/C18H14N4O3S2/c1-25-18(24)14(15-21-11-4-2-3-5-12(11)22-15)13(23)8-27-17-10-6-7-26-16(10)19-9-20-17/h2-7,9,23H,8H2,1H3,(H,21,22)/b14-13+. The fraction of sp³-hybridized carbons (Fsp3) is 0.111. The van der Waals surface area contributed by atoms with Crippen LogP contribution in [0.25, 0.3) is 26.8 Å². The highest BCUT2D eigenvalue weighted by molar-refractivity contribution is 7.99. The van der Waals surface area contributed by atoms with Crippen LogP contribution in [0.5, 0.6) is 0 Å². The molecule has 0 amide bonds. The van der Waals surface area contributed by atoms with Gasteiger partial charge in [-0.15, -0.1) is 11.3 Å². The van der Waals surface area contributed by atoms with Crippen molar-refractivity contribution in [2.75, 3.05) is 12.9 Å². The highest BCUT2D eigenvalue weighted by atomic mass is 32.2. The molecule has 0 aliphatic rings. The number of thiophene rings is 1. The van der Waals surface area contributed by atoms with Crippen LogP contribution in [0.15, 0.2) is 52.8 Å². The molecule has 0 fully saturated rings. The summed E-state index contributed by atoms with van der Waals surface area (Å²) in [4.78, 5) is 29.1. The number of aromatic nitrogens is 4. The van der Waals surface area contributed by atoms with Crippen LogP contribution in [0.2, 0.25) is 0 Å². The van der Waals surface area contributed by atoms with Crippen molar-refractivity contribution in [3.8, 4) is 0 Å². The summed E-state index contributed by atoms with van der Waals surface area (Å²) >= 11 is 2.84. The number of rotatable bonds is 5. The molecule has 136 valence electrons. The lowest BCUT2D eigenvalue weighted by Crippen LogP contribution is -2.09. The van der Waals surface area contributed by atoms with E-state index in [2.05, 4.69) is 19.9 Å². The quantitative estimate of drug-likeness (QED) is 0.173. The number of esters is 1. The van der Waals surface area contributed by atoms with Gasteiger partial charge in [-0.1, -0.05) is 23.9 Å². The first kappa shape index (κ1) is 17.5. The molecule has 3 heterocycles. The van der Waals surface area contributed by atoms with Crippen molar-refractivity contribution in [1.29, 1.82) is 0 Å². The van der Waals surface area contributed by atoms with E-state index in [4.69, 9.17) is 4.74 Å². The lowest BCUT2D eigenvalue weighted by molar-refractivity contribution is -0.133. The van der Waals surface area contributed by atoms with Gasteiger partial charge in [-0.05, 0) is 23.6 Å². The monoisotopic (exact) mass is 398 g/mol. The fourth-order valence-electron chi connectivity index (χ4n) is 2.62. The van der Waals surface area contributed by atoms with Gasteiger partial charge in [0.15, 0.2) is 0 Å². The number of aliphatic hydroxyl groups excluding tert-OH is 1. The molecule has 0 spiro atoms. The van der Waals surface area contributed by atoms with Crippen molar-refractivity contribution < 1.29 is 14.6 Å². The predicted octanol–water partition coefficient (Wildman–Crippen LogP) is 3.80. The summed E-state index contributed by atoms with van der Waals surface area (Å²) in [6.45, 7) is 0. The number of methoxy groups -OCH3 is 1. The van der Waals surface area contributed by atoms with Crippen molar-refractivity contribution >= 4 is 55.9 Å². The molecule has 9 heteroatoms. The minimum atomic E-state index is -0.657. The minimum absolute atomic E-state index is 0.0109. The second-order valence-electron chi connectivity index (χ2n) is 5.52. The number of fused-ring (bicyclic) bond motifs is 2. The molecule has 3 aromatic heterocycles. The molecular weight excluding hydrogens is 384 g/mol. The van der Waals surface area contributed by atoms with Gasteiger partial charge in [-0.2, -0.15) is 0 Å². The first-order valence-electron chi connectivity index (χ1n) is 7.94. The third-order valence-corrected chi connectivity index (χ3v) is 5.71. The summed E-state index contributed by atoms with van der Waals surface area (Å²) in [6, 6.07) is 9.32. The third-order valence-electron chi connectivity index (χ3n) is 3.88. The van der Waals surface area contributed by atoms with Crippen LogP contribution in [-0.4, -0.2) is 43.9 Å². The lowest BCUT2D eigenvalue weighted by Gasteiger charge is -2.07. The number of nitrogens with zero attached hydrogens (tertiary/aromatic N) is 3. The van der Waals surface area contributed by atoms with Gasteiger partial charge in [0.2, 0.25) is 0 Å². The number of benzene rings is 1. The van der Waals surface area contributed by atoms with Crippen LogP contribution in [0.4, 0.5) is 0 Å². The highest BCUT2D eigenvalue weighted by Gasteiger charge is 2.22. The van der Waals surface area contributed by atoms with Gasteiger partial charge >= 0.3 is 5.97 Å². The maximum atomic E-state index is 12.3. The number of nitrogens with one attached hydrogen (secondary N) is 1.